The summed E-state index contributed by atoms with van der Waals surface area (Å²) in [7, 11) is 0. The standard InChI is InChI=1S/C9H7N.C7H5F3N2S/c1-2-6-9-8(4-1)5-3-7-10-9;8-11(7(13)12(9)10)6-4-2-1-3-5-6/h1-7H;1-5H. The number of hydrogen-bond acceptors (Lipinski definition) is 2. The topological polar surface area (TPSA) is 19.4 Å². The van der Waals surface area contributed by atoms with Crippen molar-refractivity contribution in [3.63, 3.8) is 0 Å². The van der Waals surface area contributed by atoms with Gasteiger partial charge in [-0.1, -0.05) is 55.9 Å². The van der Waals surface area contributed by atoms with Gasteiger partial charge in [0.25, 0.3) is 5.11 Å². The third kappa shape index (κ3) is 4.65. The average Bonchev–Trinajstić information content (AvgIpc) is 2.62. The van der Waals surface area contributed by atoms with Crippen molar-refractivity contribution in [2.45, 2.75) is 0 Å². The molecule has 0 bridgehead atoms. The molecule has 0 fully saturated rings. The molecule has 118 valence electrons. The SMILES string of the molecule is FN(F)C(=S)N(F)c1ccccc1.c1ccc2ncccc2c1. The third-order valence-electron chi connectivity index (χ3n) is 2.81. The molecule has 0 atom stereocenters. The lowest BCUT2D eigenvalue weighted by Crippen LogP contribution is -2.28. The molecular weight excluding hydrogens is 323 g/mol. The van der Waals surface area contributed by atoms with Crippen molar-refractivity contribution in [2.24, 2.45) is 0 Å². The summed E-state index contributed by atoms with van der Waals surface area (Å²) in [5.74, 6) is 0. The van der Waals surface area contributed by atoms with Crippen LogP contribution >= 0.6 is 12.2 Å². The van der Waals surface area contributed by atoms with E-state index in [1.807, 2.05) is 30.5 Å². The quantitative estimate of drug-likeness (QED) is 0.462. The fourth-order valence-corrected chi connectivity index (χ4v) is 1.86. The zero-order valence-corrected chi connectivity index (χ0v) is 12.6. The minimum Gasteiger partial charge on any atom is -0.256 e. The minimum absolute atomic E-state index is 0.0344. The Morgan fingerprint density at radius 3 is 2.09 bits per heavy atom. The lowest BCUT2D eigenvalue weighted by atomic mass is 10.2. The third-order valence-corrected chi connectivity index (χ3v) is 3.11. The van der Waals surface area contributed by atoms with E-state index in [1.165, 1.54) is 29.7 Å². The highest BCUT2D eigenvalue weighted by molar-refractivity contribution is 7.80. The molecule has 23 heavy (non-hydrogen) atoms. The number of rotatable bonds is 1. The molecule has 0 aliphatic heterocycles. The number of halogens is 3. The number of para-hydroxylation sites is 2. The van der Waals surface area contributed by atoms with E-state index >= 15 is 0 Å². The number of nitrogens with zero attached hydrogens (tertiary/aromatic N) is 3. The van der Waals surface area contributed by atoms with E-state index in [4.69, 9.17) is 0 Å². The molecule has 0 radical (unpaired) electrons. The number of aromatic nitrogens is 1. The van der Waals surface area contributed by atoms with Crippen LogP contribution in [0, 0.1) is 0 Å². The van der Waals surface area contributed by atoms with E-state index in [-0.39, 0.29) is 10.8 Å². The van der Waals surface area contributed by atoms with Gasteiger partial charge in [-0.3, -0.25) is 4.98 Å². The van der Waals surface area contributed by atoms with E-state index in [9.17, 15) is 13.4 Å². The van der Waals surface area contributed by atoms with Gasteiger partial charge in [-0.2, -0.15) is 0 Å². The maximum atomic E-state index is 12.9. The van der Waals surface area contributed by atoms with Gasteiger partial charge in [0, 0.05) is 11.6 Å². The van der Waals surface area contributed by atoms with Crippen molar-refractivity contribution >= 4 is 33.9 Å². The second kappa shape index (κ2) is 8.09. The molecular formula is C16H12F3N3S. The first-order chi connectivity index (χ1) is 11.1. The van der Waals surface area contributed by atoms with Gasteiger partial charge < -0.3 is 0 Å². The van der Waals surface area contributed by atoms with Crippen LogP contribution in [0.4, 0.5) is 19.1 Å². The van der Waals surface area contributed by atoms with Crippen LogP contribution in [0.2, 0.25) is 0 Å². The Morgan fingerprint density at radius 1 is 0.826 bits per heavy atom. The van der Waals surface area contributed by atoms with Gasteiger partial charge in [0.15, 0.2) is 0 Å². The molecule has 1 aromatic heterocycles. The van der Waals surface area contributed by atoms with E-state index in [1.54, 1.807) is 6.07 Å². The summed E-state index contributed by atoms with van der Waals surface area (Å²) in [4.78, 5) is 4.18. The summed E-state index contributed by atoms with van der Waals surface area (Å²) in [5.41, 5.74) is 1.03. The predicted octanol–water partition coefficient (Wildman–Crippen LogP) is 4.97. The first-order valence-corrected chi connectivity index (χ1v) is 6.97. The highest BCUT2D eigenvalue weighted by atomic mass is 32.1. The van der Waals surface area contributed by atoms with Crippen molar-refractivity contribution in [1.29, 1.82) is 0 Å². The van der Waals surface area contributed by atoms with E-state index in [0.717, 1.165) is 5.52 Å². The van der Waals surface area contributed by atoms with Gasteiger partial charge in [0.1, 0.15) is 0 Å². The van der Waals surface area contributed by atoms with Gasteiger partial charge >= 0.3 is 0 Å². The molecule has 0 saturated heterocycles. The average molecular weight is 335 g/mol. The molecule has 1 heterocycles. The van der Waals surface area contributed by atoms with Gasteiger partial charge in [-0.15, -0.1) is 5.12 Å². The molecule has 0 amide bonds. The maximum Gasteiger partial charge on any atom is 0.268 e. The van der Waals surface area contributed by atoms with Gasteiger partial charge in [-0.05, 0) is 41.8 Å². The smallest absolute Gasteiger partial charge is 0.256 e. The summed E-state index contributed by atoms with van der Waals surface area (Å²) in [6.07, 6.45) is 1.81. The molecule has 0 aliphatic rings. The van der Waals surface area contributed by atoms with Crippen molar-refractivity contribution in [2.75, 3.05) is 5.12 Å². The van der Waals surface area contributed by atoms with Crippen molar-refractivity contribution in [3.05, 3.63) is 72.9 Å². The minimum atomic E-state index is -1.46. The van der Waals surface area contributed by atoms with Crippen molar-refractivity contribution in [3.8, 4) is 0 Å². The van der Waals surface area contributed by atoms with Crippen LogP contribution in [0.15, 0.2) is 72.9 Å². The second-order valence-electron chi connectivity index (χ2n) is 4.33. The second-order valence-corrected chi connectivity index (χ2v) is 4.69. The van der Waals surface area contributed by atoms with Crippen LogP contribution in [-0.4, -0.2) is 15.4 Å². The Morgan fingerprint density at radius 2 is 1.43 bits per heavy atom. The number of pyridine rings is 1. The Kier molecular flexibility index (Phi) is 5.87. The number of benzene rings is 2. The first-order valence-electron chi connectivity index (χ1n) is 6.56. The van der Waals surface area contributed by atoms with Crippen LogP contribution < -0.4 is 5.12 Å². The van der Waals surface area contributed by atoms with Crippen LogP contribution in [0.3, 0.4) is 0 Å². The monoisotopic (exact) mass is 335 g/mol. The number of fused-ring (bicyclic) bond motifs is 1. The molecule has 7 heteroatoms. The number of anilines is 1. The molecule has 0 unspecified atom stereocenters. The van der Waals surface area contributed by atoms with Crippen LogP contribution in [-0.2, 0) is 0 Å². The van der Waals surface area contributed by atoms with Crippen LogP contribution in [0.5, 0.6) is 0 Å². The molecule has 0 saturated carbocycles. The summed E-state index contributed by atoms with van der Waals surface area (Å²) in [6.45, 7) is 0. The molecule has 2 aromatic carbocycles. The lowest BCUT2D eigenvalue weighted by Gasteiger charge is -2.13. The van der Waals surface area contributed by atoms with Crippen molar-refractivity contribution < 1.29 is 13.4 Å². The Balaban J connectivity index is 0.000000172. The van der Waals surface area contributed by atoms with Gasteiger partial charge in [-0.25, -0.2) is 0 Å². The Bertz CT molecular complexity index is 703. The van der Waals surface area contributed by atoms with Gasteiger partial charge in [0.2, 0.25) is 0 Å². The van der Waals surface area contributed by atoms with E-state index in [2.05, 4.69) is 29.3 Å². The highest BCUT2D eigenvalue weighted by Gasteiger charge is 2.17. The molecule has 3 rings (SSSR count). The van der Waals surface area contributed by atoms with Crippen molar-refractivity contribution in [1.82, 2.24) is 10.3 Å². The predicted molar refractivity (Wildman–Crippen MR) is 88.4 cm³/mol. The summed E-state index contributed by atoms with van der Waals surface area (Å²) >= 11 is 4.11. The fourth-order valence-electron chi connectivity index (χ4n) is 1.75. The first kappa shape index (κ1) is 16.7. The van der Waals surface area contributed by atoms with Crippen LogP contribution in [0.1, 0.15) is 0 Å². The van der Waals surface area contributed by atoms with E-state index < -0.39 is 10.5 Å². The zero-order chi connectivity index (χ0) is 16.7. The van der Waals surface area contributed by atoms with E-state index in [0.29, 0.717) is 0 Å². The zero-order valence-electron chi connectivity index (χ0n) is 11.8. The Hall–Kier alpha value is -2.67. The molecule has 0 aliphatic carbocycles. The Labute approximate surface area is 136 Å². The molecule has 3 aromatic rings. The van der Waals surface area contributed by atoms with Gasteiger partial charge in [0.05, 0.1) is 11.2 Å². The number of thiocarbonyl (C=S) groups is 1. The fraction of sp³-hybridized carbons (Fsp3) is 0. The molecule has 0 N–H and O–H groups in total. The maximum absolute atomic E-state index is 12.9. The highest BCUT2D eigenvalue weighted by Crippen LogP contribution is 2.16. The molecule has 3 nitrogen and oxygen atoms in total. The summed E-state index contributed by atoms with van der Waals surface area (Å²) in [5, 5.41) is -1.71. The normalized spacial score (nSPS) is 9.70. The number of hydrogen-bond donors (Lipinski definition) is 0. The summed E-state index contributed by atoms with van der Waals surface area (Å²) < 4.78 is 36.5. The lowest BCUT2D eigenvalue weighted by molar-refractivity contribution is -0.0745. The largest absolute Gasteiger partial charge is 0.268 e. The molecule has 0 spiro atoms. The van der Waals surface area contributed by atoms with Crippen LogP contribution in [0.25, 0.3) is 10.9 Å². The summed E-state index contributed by atoms with van der Waals surface area (Å²) in [6, 6.07) is 19.4.